The van der Waals surface area contributed by atoms with E-state index in [1.54, 1.807) is 0 Å². The number of amides is 1. The second-order valence-corrected chi connectivity index (χ2v) is 5.99. The van der Waals surface area contributed by atoms with Crippen LogP contribution in [0.4, 0.5) is 0 Å². The van der Waals surface area contributed by atoms with E-state index >= 15 is 0 Å². The minimum Gasteiger partial charge on any atom is -0.481 e. The Bertz CT molecular complexity index is 318. The first kappa shape index (κ1) is 16.0. The molecule has 19 heavy (non-hydrogen) atoms. The molecule has 3 unspecified atom stereocenters. The van der Waals surface area contributed by atoms with E-state index in [1.165, 1.54) is 0 Å². The summed E-state index contributed by atoms with van der Waals surface area (Å²) in [6.45, 7) is 4.72. The number of aliphatic carboxylic acids is 1. The number of nitrogens with one attached hydrogen (secondary N) is 1. The van der Waals surface area contributed by atoms with E-state index in [0.29, 0.717) is 25.3 Å². The molecular formula is C14H26N2O3. The first-order valence-corrected chi connectivity index (χ1v) is 7.16. The standard InChI is InChI=1S/C14H26N2O3/c1-9(2)6-10(8-15)7-13(17)16-12-5-3-4-11(12)14(18)19/h9-12H,3-8,15H2,1-2H3,(H,16,17)(H,18,19). The summed E-state index contributed by atoms with van der Waals surface area (Å²) in [5, 5.41) is 11.9. The minimum absolute atomic E-state index is 0.0609. The summed E-state index contributed by atoms with van der Waals surface area (Å²) in [6.07, 6.45) is 3.62. The van der Waals surface area contributed by atoms with Gasteiger partial charge in [-0.1, -0.05) is 20.3 Å². The molecular weight excluding hydrogens is 244 g/mol. The minimum atomic E-state index is -0.805. The lowest BCUT2D eigenvalue weighted by molar-refractivity contribution is -0.142. The van der Waals surface area contributed by atoms with Crippen LogP contribution in [0.25, 0.3) is 0 Å². The first-order valence-electron chi connectivity index (χ1n) is 7.16. The van der Waals surface area contributed by atoms with Crippen molar-refractivity contribution in [2.75, 3.05) is 6.54 Å². The van der Waals surface area contributed by atoms with Gasteiger partial charge >= 0.3 is 5.97 Å². The van der Waals surface area contributed by atoms with Gasteiger partial charge in [0.2, 0.25) is 5.91 Å². The summed E-state index contributed by atoms with van der Waals surface area (Å²) >= 11 is 0. The molecule has 1 aliphatic carbocycles. The van der Waals surface area contributed by atoms with E-state index in [1.807, 2.05) is 0 Å². The second kappa shape index (κ2) is 7.48. The van der Waals surface area contributed by atoms with Crippen LogP contribution in [0.5, 0.6) is 0 Å². The normalized spacial score (nSPS) is 24.4. The molecule has 0 saturated heterocycles. The number of carboxylic acid groups (broad SMARTS) is 1. The number of carbonyl (C=O) groups excluding carboxylic acids is 1. The molecule has 0 aliphatic heterocycles. The molecule has 5 nitrogen and oxygen atoms in total. The van der Waals surface area contributed by atoms with Crippen molar-refractivity contribution in [3.63, 3.8) is 0 Å². The topological polar surface area (TPSA) is 92.4 Å². The van der Waals surface area contributed by atoms with Crippen LogP contribution in [0.2, 0.25) is 0 Å². The fraction of sp³-hybridized carbons (Fsp3) is 0.857. The maximum Gasteiger partial charge on any atom is 0.308 e. The Morgan fingerprint density at radius 2 is 2.05 bits per heavy atom. The molecule has 1 fully saturated rings. The van der Waals surface area contributed by atoms with Gasteiger partial charge in [0.05, 0.1) is 5.92 Å². The van der Waals surface area contributed by atoms with Gasteiger partial charge in [0, 0.05) is 12.5 Å². The Kier molecular flexibility index (Phi) is 6.28. The van der Waals surface area contributed by atoms with Crippen LogP contribution >= 0.6 is 0 Å². The van der Waals surface area contributed by atoms with Crippen molar-refractivity contribution in [2.45, 2.75) is 52.0 Å². The SMILES string of the molecule is CC(C)CC(CN)CC(=O)NC1CCCC1C(=O)O. The number of carbonyl (C=O) groups is 2. The van der Waals surface area contributed by atoms with Gasteiger partial charge in [0.15, 0.2) is 0 Å². The molecule has 5 heteroatoms. The number of hydrogen-bond donors (Lipinski definition) is 3. The molecule has 1 rings (SSSR count). The Labute approximate surface area is 114 Å². The zero-order valence-corrected chi connectivity index (χ0v) is 11.9. The predicted molar refractivity (Wildman–Crippen MR) is 73.5 cm³/mol. The zero-order valence-electron chi connectivity index (χ0n) is 11.9. The number of carboxylic acids is 1. The largest absolute Gasteiger partial charge is 0.481 e. The molecule has 0 heterocycles. The van der Waals surface area contributed by atoms with Gasteiger partial charge in [0.1, 0.15) is 0 Å². The highest BCUT2D eigenvalue weighted by molar-refractivity contribution is 5.78. The van der Waals surface area contributed by atoms with Gasteiger partial charge in [-0.25, -0.2) is 0 Å². The van der Waals surface area contributed by atoms with E-state index in [9.17, 15) is 9.59 Å². The molecule has 110 valence electrons. The number of nitrogens with two attached hydrogens (primary N) is 1. The maximum atomic E-state index is 12.0. The van der Waals surface area contributed by atoms with E-state index in [4.69, 9.17) is 10.8 Å². The Balaban J connectivity index is 2.43. The van der Waals surface area contributed by atoms with Gasteiger partial charge in [-0.3, -0.25) is 9.59 Å². The average molecular weight is 270 g/mol. The van der Waals surface area contributed by atoms with Crippen LogP contribution in [-0.4, -0.2) is 29.6 Å². The lowest BCUT2D eigenvalue weighted by atomic mass is 9.93. The molecule has 0 aromatic rings. The van der Waals surface area contributed by atoms with Gasteiger partial charge in [-0.15, -0.1) is 0 Å². The Hall–Kier alpha value is -1.10. The van der Waals surface area contributed by atoms with Crippen LogP contribution in [0, 0.1) is 17.8 Å². The molecule has 0 bridgehead atoms. The maximum absolute atomic E-state index is 12.0. The third-order valence-corrected chi connectivity index (χ3v) is 3.79. The fourth-order valence-electron chi connectivity index (χ4n) is 2.89. The molecule has 1 amide bonds. The average Bonchev–Trinajstić information content (AvgIpc) is 2.75. The van der Waals surface area contributed by atoms with Crippen molar-refractivity contribution < 1.29 is 14.7 Å². The van der Waals surface area contributed by atoms with Crippen molar-refractivity contribution in [3.05, 3.63) is 0 Å². The van der Waals surface area contributed by atoms with E-state index in [2.05, 4.69) is 19.2 Å². The molecule has 0 radical (unpaired) electrons. The van der Waals surface area contributed by atoms with Gasteiger partial charge < -0.3 is 16.2 Å². The third kappa shape index (κ3) is 5.19. The molecule has 0 aromatic heterocycles. The van der Waals surface area contributed by atoms with Gasteiger partial charge in [-0.05, 0) is 37.6 Å². The van der Waals surface area contributed by atoms with Crippen LogP contribution in [0.15, 0.2) is 0 Å². The van der Waals surface area contributed by atoms with Gasteiger partial charge in [0.25, 0.3) is 0 Å². The van der Waals surface area contributed by atoms with E-state index < -0.39 is 11.9 Å². The Morgan fingerprint density at radius 3 is 2.58 bits per heavy atom. The van der Waals surface area contributed by atoms with E-state index in [-0.39, 0.29) is 17.9 Å². The first-order chi connectivity index (χ1) is 8.93. The highest BCUT2D eigenvalue weighted by Gasteiger charge is 2.34. The number of rotatable bonds is 7. The zero-order chi connectivity index (χ0) is 14.4. The molecule has 3 atom stereocenters. The number of hydrogen-bond acceptors (Lipinski definition) is 3. The quantitative estimate of drug-likeness (QED) is 0.651. The van der Waals surface area contributed by atoms with E-state index in [0.717, 1.165) is 19.3 Å². The van der Waals surface area contributed by atoms with Crippen LogP contribution in [-0.2, 0) is 9.59 Å². The summed E-state index contributed by atoms with van der Waals surface area (Å²) in [6, 6.07) is -0.206. The van der Waals surface area contributed by atoms with Crippen LogP contribution < -0.4 is 11.1 Å². The highest BCUT2D eigenvalue weighted by atomic mass is 16.4. The van der Waals surface area contributed by atoms with Crippen LogP contribution in [0.3, 0.4) is 0 Å². The molecule has 0 aromatic carbocycles. The predicted octanol–water partition coefficient (Wildman–Crippen LogP) is 1.37. The van der Waals surface area contributed by atoms with Crippen molar-refractivity contribution in [2.24, 2.45) is 23.5 Å². The molecule has 0 spiro atoms. The summed E-state index contributed by atoms with van der Waals surface area (Å²) in [5.74, 6) is -0.593. The summed E-state index contributed by atoms with van der Waals surface area (Å²) < 4.78 is 0. The molecule has 1 saturated carbocycles. The smallest absolute Gasteiger partial charge is 0.308 e. The summed E-state index contributed by atoms with van der Waals surface area (Å²) in [5.41, 5.74) is 5.68. The highest BCUT2D eigenvalue weighted by Crippen LogP contribution is 2.26. The Morgan fingerprint density at radius 1 is 1.37 bits per heavy atom. The van der Waals surface area contributed by atoms with Crippen molar-refractivity contribution in [1.29, 1.82) is 0 Å². The third-order valence-electron chi connectivity index (χ3n) is 3.79. The van der Waals surface area contributed by atoms with Crippen LogP contribution in [0.1, 0.15) is 46.0 Å². The van der Waals surface area contributed by atoms with Crippen molar-refractivity contribution in [3.8, 4) is 0 Å². The lowest BCUT2D eigenvalue weighted by Crippen LogP contribution is -2.41. The lowest BCUT2D eigenvalue weighted by Gasteiger charge is -2.21. The van der Waals surface area contributed by atoms with Gasteiger partial charge in [-0.2, -0.15) is 0 Å². The van der Waals surface area contributed by atoms with Crippen molar-refractivity contribution in [1.82, 2.24) is 5.32 Å². The van der Waals surface area contributed by atoms with Crippen molar-refractivity contribution >= 4 is 11.9 Å². The fourth-order valence-corrected chi connectivity index (χ4v) is 2.89. The monoisotopic (exact) mass is 270 g/mol. The molecule has 1 aliphatic rings. The molecule has 4 N–H and O–H groups in total. The second-order valence-electron chi connectivity index (χ2n) is 5.99. The summed E-state index contributed by atoms with van der Waals surface area (Å²) in [4.78, 5) is 23.0. The summed E-state index contributed by atoms with van der Waals surface area (Å²) in [7, 11) is 0.